The standard InChI is InChI=1S/C11H14F3N3O3S/c12-11(13,14)20-9-2-1-8(5-16-9)21(19)17-4-3-10(18,6-15)7-17/h1-2,5,18H,3-4,6-7,15H2. The Morgan fingerprint density at radius 2 is 2.24 bits per heavy atom. The van der Waals surface area contributed by atoms with E-state index in [1.165, 1.54) is 10.4 Å². The van der Waals surface area contributed by atoms with Crippen molar-refractivity contribution in [1.82, 2.24) is 9.29 Å². The number of aliphatic hydroxyl groups is 1. The Balaban J connectivity index is 2.04. The Bertz CT molecular complexity index is 526. The lowest BCUT2D eigenvalue weighted by Gasteiger charge is -2.20. The lowest BCUT2D eigenvalue weighted by atomic mass is 10.1. The molecule has 1 aromatic heterocycles. The van der Waals surface area contributed by atoms with E-state index in [9.17, 15) is 22.5 Å². The van der Waals surface area contributed by atoms with E-state index in [0.29, 0.717) is 13.0 Å². The normalized spacial score (nSPS) is 25.0. The van der Waals surface area contributed by atoms with Crippen LogP contribution in [0.4, 0.5) is 13.2 Å². The molecule has 1 saturated heterocycles. The van der Waals surface area contributed by atoms with Gasteiger partial charge in [0.1, 0.15) is 11.0 Å². The topological polar surface area (TPSA) is 88.7 Å². The third-order valence-electron chi connectivity index (χ3n) is 3.04. The maximum atomic E-state index is 12.2. The van der Waals surface area contributed by atoms with Crippen molar-refractivity contribution >= 4 is 11.0 Å². The number of alkyl halides is 3. The fourth-order valence-corrected chi connectivity index (χ4v) is 3.17. The summed E-state index contributed by atoms with van der Waals surface area (Å²) in [6.45, 7) is 0.565. The third kappa shape index (κ3) is 4.13. The molecule has 2 atom stereocenters. The predicted molar refractivity (Wildman–Crippen MR) is 67.5 cm³/mol. The summed E-state index contributed by atoms with van der Waals surface area (Å²) in [5.41, 5.74) is 4.36. The number of nitrogens with two attached hydrogens (primary N) is 1. The van der Waals surface area contributed by atoms with E-state index < -0.39 is 28.8 Å². The second-order valence-corrected chi connectivity index (χ2v) is 6.16. The molecule has 0 bridgehead atoms. The molecule has 0 aliphatic carbocycles. The maximum absolute atomic E-state index is 12.2. The summed E-state index contributed by atoms with van der Waals surface area (Å²) in [6.07, 6.45) is -3.38. The Labute approximate surface area is 121 Å². The molecule has 10 heteroatoms. The van der Waals surface area contributed by atoms with Crippen molar-refractivity contribution in [2.45, 2.75) is 23.3 Å². The first kappa shape index (κ1) is 16.1. The Hall–Kier alpha value is -1.23. The molecule has 1 aliphatic heterocycles. The predicted octanol–water partition coefficient (Wildman–Crippen LogP) is 0.398. The second kappa shape index (κ2) is 5.87. The van der Waals surface area contributed by atoms with Gasteiger partial charge in [0.05, 0.1) is 10.5 Å². The summed E-state index contributed by atoms with van der Waals surface area (Å²) in [5, 5.41) is 9.98. The molecule has 1 fully saturated rings. The molecule has 118 valence electrons. The molecule has 0 amide bonds. The molecular weight excluding hydrogens is 311 g/mol. The average molecular weight is 325 g/mol. The van der Waals surface area contributed by atoms with Crippen LogP contribution in [0.25, 0.3) is 0 Å². The molecule has 0 aromatic carbocycles. The molecule has 0 radical (unpaired) electrons. The summed E-state index contributed by atoms with van der Waals surface area (Å²) < 4.78 is 53.4. The van der Waals surface area contributed by atoms with Gasteiger partial charge in [-0.25, -0.2) is 13.5 Å². The minimum absolute atomic E-state index is 0.0529. The van der Waals surface area contributed by atoms with E-state index in [2.05, 4.69) is 9.72 Å². The Morgan fingerprint density at radius 1 is 1.52 bits per heavy atom. The summed E-state index contributed by atoms with van der Waals surface area (Å²) in [4.78, 5) is 3.69. The van der Waals surface area contributed by atoms with E-state index in [0.717, 1.165) is 12.3 Å². The molecule has 3 N–H and O–H groups in total. The van der Waals surface area contributed by atoms with Gasteiger partial charge in [-0.15, -0.1) is 13.2 Å². The van der Waals surface area contributed by atoms with Gasteiger partial charge in [-0.3, -0.25) is 0 Å². The monoisotopic (exact) mass is 325 g/mol. The zero-order valence-corrected chi connectivity index (χ0v) is 11.7. The van der Waals surface area contributed by atoms with E-state index in [1.54, 1.807) is 0 Å². The minimum atomic E-state index is -4.82. The smallest absolute Gasteiger partial charge is 0.388 e. The number of aromatic nitrogens is 1. The summed E-state index contributed by atoms with van der Waals surface area (Å²) in [6, 6.07) is 2.23. The maximum Gasteiger partial charge on any atom is 0.574 e. The molecule has 0 spiro atoms. The SMILES string of the molecule is NCC1(O)CCN(S(=O)c2ccc(OC(F)(F)F)nc2)C1. The highest BCUT2D eigenvalue weighted by Crippen LogP contribution is 2.25. The van der Waals surface area contributed by atoms with Crippen LogP contribution < -0.4 is 10.5 Å². The van der Waals surface area contributed by atoms with Gasteiger partial charge in [0, 0.05) is 31.9 Å². The zero-order valence-electron chi connectivity index (χ0n) is 10.8. The molecule has 21 heavy (non-hydrogen) atoms. The van der Waals surface area contributed by atoms with E-state index in [-0.39, 0.29) is 18.0 Å². The first-order chi connectivity index (χ1) is 9.72. The largest absolute Gasteiger partial charge is 0.574 e. The molecule has 2 rings (SSSR count). The van der Waals surface area contributed by atoms with Gasteiger partial charge in [-0.05, 0) is 12.5 Å². The molecule has 1 aliphatic rings. The van der Waals surface area contributed by atoms with Gasteiger partial charge >= 0.3 is 6.36 Å². The van der Waals surface area contributed by atoms with Crippen molar-refractivity contribution in [1.29, 1.82) is 0 Å². The fourth-order valence-electron chi connectivity index (χ4n) is 1.93. The van der Waals surface area contributed by atoms with Gasteiger partial charge < -0.3 is 15.6 Å². The number of halogens is 3. The van der Waals surface area contributed by atoms with Crippen molar-refractivity contribution in [3.8, 4) is 5.88 Å². The Morgan fingerprint density at radius 3 is 2.71 bits per heavy atom. The zero-order chi connectivity index (χ0) is 15.7. The number of hydrogen-bond donors (Lipinski definition) is 2. The minimum Gasteiger partial charge on any atom is -0.388 e. The van der Waals surface area contributed by atoms with Crippen LogP contribution in [0.5, 0.6) is 5.88 Å². The molecule has 6 nitrogen and oxygen atoms in total. The lowest BCUT2D eigenvalue weighted by molar-refractivity contribution is -0.276. The van der Waals surface area contributed by atoms with Crippen LogP contribution in [0.2, 0.25) is 0 Å². The molecule has 2 unspecified atom stereocenters. The van der Waals surface area contributed by atoms with Crippen molar-refractivity contribution < 1.29 is 27.2 Å². The summed E-state index contributed by atoms with van der Waals surface area (Å²) >= 11 is 0. The van der Waals surface area contributed by atoms with Crippen molar-refractivity contribution in [2.75, 3.05) is 19.6 Å². The van der Waals surface area contributed by atoms with Crippen molar-refractivity contribution in [2.24, 2.45) is 5.73 Å². The molecule has 0 saturated carbocycles. The Kier molecular flexibility index (Phi) is 4.51. The molecule has 1 aromatic rings. The molecular formula is C11H14F3N3O3S. The van der Waals surface area contributed by atoms with Crippen LogP contribution in [-0.2, 0) is 11.0 Å². The average Bonchev–Trinajstić information content (AvgIpc) is 2.80. The van der Waals surface area contributed by atoms with Gasteiger partial charge in [-0.1, -0.05) is 0 Å². The lowest BCUT2D eigenvalue weighted by Crippen LogP contribution is -2.40. The first-order valence-corrected chi connectivity index (χ1v) is 7.14. The number of β-amino-alcohol motifs (C(OH)–C–C–N with tert-alkyl or cyclic N) is 1. The summed E-state index contributed by atoms with van der Waals surface area (Å²) in [7, 11) is -1.62. The van der Waals surface area contributed by atoms with E-state index >= 15 is 0 Å². The van der Waals surface area contributed by atoms with Crippen LogP contribution in [0.3, 0.4) is 0 Å². The van der Waals surface area contributed by atoms with Crippen molar-refractivity contribution in [3.05, 3.63) is 18.3 Å². The highest BCUT2D eigenvalue weighted by molar-refractivity contribution is 7.82. The van der Waals surface area contributed by atoms with Gasteiger partial charge in [0.2, 0.25) is 5.88 Å². The van der Waals surface area contributed by atoms with Crippen molar-refractivity contribution in [3.63, 3.8) is 0 Å². The van der Waals surface area contributed by atoms with E-state index in [4.69, 9.17) is 5.73 Å². The second-order valence-electron chi connectivity index (χ2n) is 4.67. The number of ether oxygens (including phenoxy) is 1. The highest BCUT2D eigenvalue weighted by Gasteiger charge is 2.37. The van der Waals surface area contributed by atoms with Crippen LogP contribution in [0.15, 0.2) is 23.2 Å². The third-order valence-corrected chi connectivity index (χ3v) is 4.47. The van der Waals surface area contributed by atoms with Gasteiger partial charge in [-0.2, -0.15) is 0 Å². The first-order valence-electron chi connectivity index (χ1n) is 6.03. The van der Waals surface area contributed by atoms with Crippen LogP contribution in [0.1, 0.15) is 6.42 Å². The number of hydrogen-bond acceptors (Lipinski definition) is 5. The summed E-state index contributed by atoms with van der Waals surface area (Å²) in [5.74, 6) is -0.622. The highest BCUT2D eigenvalue weighted by atomic mass is 32.2. The van der Waals surface area contributed by atoms with E-state index in [1.807, 2.05) is 0 Å². The quantitative estimate of drug-likeness (QED) is 0.836. The number of pyridine rings is 1. The number of nitrogens with zero attached hydrogens (tertiary/aromatic N) is 2. The van der Waals surface area contributed by atoms with Gasteiger partial charge in [0.15, 0.2) is 0 Å². The fraction of sp³-hybridized carbons (Fsp3) is 0.545. The number of rotatable bonds is 4. The van der Waals surface area contributed by atoms with Crippen LogP contribution in [0, 0.1) is 0 Å². The van der Waals surface area contributed by atoms with Crippen LogP contribution >= 0.6 is 0 Å². The van der Waals surface area contributed by atoms with Gasteiger partial charge in [0.25, 0.3) is 0 Å². The molecule has 2 heterocycles. The van der Waals surface area contributed by atoms with Crippen LogP contribution in [-0.4, -0.2) is 50.2 Å².